The minimum atomic E-state index is -0.711. The van der Waals surface area contributed by atoms with Gasteiger partial charge in [0.05, 0.1) is 17.2 Å². The topological polar surface area (TPSA) is 79.0 Å². The first-order valence-electron chi connectivity index (χ1n) is 10.1. The summed E-state index contributed by atoms with van der Waals surface area (Å²) >= 11 is 0. The first kappa shape index (κ1) is 21.3. The third-order valence-corrected chi connectivity index (χ3v) is 5.34. The van der Waals surface area contributed by atoms with Gasteiger partial charge in [-0.25, -0.2) is 9.40 Å². The summed E-state index contributed by atoms with van der Waals surface area (Å²) in [5.41, 5.74) is 2.46. The fourth-order valence-electron chi connectivity index (χ4n) is 3.75. The van der Waals surface area contributed by atoms with E-state index in [0.717, 1.165) is 5.56 Å². The van der Waals surface area contributed by atoms with Crippen LogP contribution in [0.5, 0.6) is 0 Å². The van der Waals surface area contributed by atoms with Gasteiger partial charge in [-0.3, -0.25) is 19.8 Å². The molecule has 1 aliphatic rings. The molecule has 1 fully saturated rings. The van der Waals surface area contributed by atoms with Crippen LogP contribution in [-0.4, -0.2) is 33.0 Å². The van der Waals surface area contributed by atoms with Gasteiger partial charge < -0.3 is 0 Å². The van der Waals surface area contributed by atoms with Crippen molar-refractivity contribution in [2.45, 2.75) is 19.6 Å². The molecule has 3 aromatic rings. The third kappa shape index (κ3) is 4.40. The van der Waals surface area contributed by atoms with Crippen LogP contribution in [0.1, 0.15) is 29.8 Å². The quantitative estimate of drug-likeness (QED) is 0.326. The maximum Gasteiger partial charge on any atom is 0.269 e. The number of non-ortho nitro benzene ring substituents is 1. The Kier molecular flexibility index (Phi) is 6.04. The molecule has 162 valence electrons. The van der Waals surface area contributed by atoms with Crippen LogP contribution in [0.25, 0.3) is 0 Å². The van der Waals surface area contributed by atoms with Gasteiger partial charge in [-0.05, 0) is 36.2 Å². The number of nitro benzene ring substituents is 1. The lowest BCUT2D eigenvalue weighted by Gasteiger charge is -2.28. The molecule has 7 nitrogen and oxygen atoms in total. The Bertz CT molecular complexity index is 1170. The van der Waals surface area contributed by atoms with E-state index in [2.05, 4.69) is 5.10 Å². The van der Waals surface area contributed by atoms with Crippen LogP contribution in [-0.2, 0) is 11.3 Å². The van der Waals surface area contributed by atoms with Crippen molar-refractivity contribution in [2.75, 3.05) is 6.54 Å². The van der Waals surface area contributed by atoms with Crippen LogP contribution >= 0.6 is 0 Å². The van der Waals surface area contributed by atoms with Crippen LogP contribution in [0.3, 0.4) is 0 Å². The number of amides is 1. The summed E-state index contributed by atoms with van der Waals surface area (Å²) in [5.74, 6) is -0.672. The number of hydrogen-bond acceptors (Lipinski definition) is 5. The van der Waals surface area contributed by atoms with E-state index in [1.807, 2.05) is 35.2 Å². The van der Waals surface area contributed by atoms with Crippen molar-refractivity contribution in [1.82, 2.24) is 9.91 Å². The maximum atomic E-state index is 14.8. The molecule has 0 spiro atoms. The van der Waals surface area contributed by atoms with Gasteiger partial charge in [0.2, 0.25) is 0 Å². The lowest BCUT2D eigenvalue weighted by atomic mass is 10.1. The molecule has 32 heavy (non-hydrogen) atoms. The Hall–Kier alpha value is -3.91. The Labute approximate surface area is 184 Å². The van der Waals surface area contributed by atoms with E-state index in [1.54, 1.807) is 37.3 Å². The summed E-state index contributed by atoms with van der Waals surface area (Å²) in [7, 11) is 0. The summed E-state index contributed by atoms with van der Waals surface area (Å²) in [6.45, 7) is 2.26. The Morgan fingerprint density at radius 1 is 1.06 bits per heavy atom. The molecule has 0 aliphatic carbocycles. The molecule has 0 N–H and O–H groups in total. The smallest absolute Gasteiger partial charge is 0.269 e. The van der Waals surface area contributed by atoms with Crippen molar-refractivity contribution < 1.29 is 14.1 Å². The van der Waals surface area contributed by atoms with Crippen LogP contribution in [0.15, 0.2) is 84.0 Å². The SMILES string of the molecule is C/C(=N/N1C(=O)CN(Cc2ccccc2)[C@H]1c1ccccc1F)c1ccc([N+](=O)[O-])cc1. The number of carbonyl (C=O) groups excluding carboxylic acids is 1. The summed E-state index contributed by atoms with van der Waals surface area (Å²) in [6.07, 6.45) is -0.711. The highest BCUT2D eigenvalue weighted by Gasteiger charge is 2.40. The molecule has 0 bridgehead atoms. The molecule has 8 heteroatoms. The first-order valence-corrected chi connectivity index (χ1v) is 10.1. The molecule has 0 aromatic heterocycles. The number of rotatable bonds is 6. The number of hydrazone groups is 1. The zero-order valence-electron chi connectivity index (χ0n) is 17.4. The van der Waals surface area contributed by atoms with E-state index in [0.29, 0.717) is 23.4 Å². The predicted octanol–water partition coefficient (Wildman–Crippen LogP) is 4.50. The Morgan fingerprint density at radius 2 is 1.72 bits per heavy atom. The molecule has 0 saturated carbocycles. The second kappa shape index (κ2) is 9.07. The monoisotopic (exact) mass is 432 g/mol. The van der Waals surface area contributed by atoms with Gasteiger partial charge in [-0.2, -0.15) is 5.10 Å². The van der Waals surface area contributed by atoms with Crippen molar-refractivity contribution in [3.63, 3.8) is 0 Å². The molecular weight excluding hydrogens is 411 g/mol. The molecule has 1 amide bonds. The molecule has 0 radical (unpaired) electrons. The average Bonchev–Trinajstić information content (AvgIpc) is 3.09. The number of nitro groups is 1. The standard InChI is InChI=1S/C24H21FN4O3/c1-17(19-11-13-20(14-12-19)29(31)32)26-28-23(30)16-27(15-18-7-3-2-4-8-18)24(28)21-9-5-6-10-22(21)25/h2-14,24H,15-16H2,1H3/b26-17-/t24-/m1/s1. The second-order valence-electron chi connectivity index (χ2n) is 7.51. The van der Waals surface area contributed by atoms with Crippen molar-refractivity contribution in [2.24, 2.45) is 5.10 Å². The molecule has 1 heterocycles. The number of halogens is 1. The largest absolute Gasteiger partial charge is 0.271 e. The molecule has 4 rings (SSSR count). The summed E-state index contributed by atoms with van der Waals surface area (Å²) in [6, 6.07) is 21.9. The van der Waals surface area contributed by atoms with E-state index >= 15 is 0 Å². The Balaban J connectivity index is 1.70. The van der Waals surface area contributed by atoms with Crippen LogP contribution < -0.4 is 0 Å². The van der Waals surface area contributed by atoms with Gasteiger partial charge in [0.1, 0.15) is 12.0 Å². The molecule has 3 aromatic carbocycles. The molecule has 0 unspecified atom stereocenters. The van der Waals surface area contributed by atoms with E-state index in [1.165, 1.54) is 23.2 Å². The normalized spacial score (nSPS) is 17.1. The molecule has 1 atom stereocenters. The maximum absolute atomic E-state index is 14.8. The highest BCUT2D eigenvalue weighted by atomic mass is 19.1. The van der Waals surface area contributed by atoms with Gasteiger partial charge in [0.25, 0.3) is 11.6 Å². The third-order valence-electron chi connectivity index (χ3n) is 5.34. The summed E-state index contributed by atoms with van der Waals surface area (Å²) in [4.78, 5) is 25.3. The van der Waals surface area contributed by atoms with Crippen molar-refractivity contribution in [3.05, 3.63) is 111 Å². The number of benzene rings is 3. The molecule has 1 aliphatic heterocycles. The zero-order chi connectivity index (χ0) is 22.7. The van der Waals surface area contributed by atoms with Crippen molar-refractivity contribution in [3.8, 4) is 0 Å². The van der Waals surface area contributed by atoms with Crippen molar-refractivity contribution in [1.29, 1.82) is 0 Å². The van der Waals surface area contributed by atoms with Crippen molar-refractivity contribution >= 4 is 17.3 Å². The molecular formula is C24H21FN4O3. The van der Waals surface area contributed by atoms with Crippen LogP contribution in [0.4, 0.5) is 10.1 Å². The number of nitrogens with zero attached hydrogens (tertiary/aromatic N) is 4. The number of carbonyl (C=O) groups is 1. The van der Waals surface area contributed by atoms with E-state index in [4.69, 9.17) is 0 Å². The highest BCUT2D eigenvalue weighted by molar-refractivity contribution is 5.99. The van der Waals surface area contributed by atoms with Gasteiger partial charge in [-0.1, -0.05) is 48.5 Å². The minimum absolute atomic E-state index is 0.0305. The van der Waals surface area contributed by atoms with E-state index in [9.17, 15) is 19.3 Å². The van der Waals surface area contributed by atoms with Gasteiger partial charge in [0.15, 0.2) is 0 Å². The fraction of sp³-hybridized carbons (Fsp3) is 0.167. The lowest BCUT2D eigenvalue weighted by molar-refractivity contribution is -0.384. The number of hydrogen-bond donors (Lipinski definition) is 0. The minimum Gasteiger partial charge on any atom is -0.271 e. The van der Waals surface area contributed by atoms with Crippen LogP contribution in [0, 0.1) is 15.9 Å². The zero-order valence-corrected chi connectivity index (χ0v) is 17.4. The lowest BCUT2D eigenvalue weighted by Crippen LogP contribution is -2.30. The summed E-state index contributed by atoms with van der Waals surface area (Å²) in [5, 5.41) is 16.7. The first-order chi connectivity index (χ1) is 15.4. The second-order valence-corrected chi connectivity index (χ2v) is 7.51. The predicted molar refractivity (Wildman–Crippen MR) is 118 cm³/mol. The van der Waals surface area contributed by atoms with Gasteiger partial charge in [0, 0.05) is 24.2 Å². The van der Waals surface area contributed by atoms with Gasteiger partial charge in [-0.15, -0.1) is 0 Å². The van der Waals surface area contributed by atoms with Gasteiger partial charge >= 0.3 is 0 Å². The fourth-order valence-corrected chi connectivity index (χ4v) is 3.75. The van der Waals surface area contributed by atoms with E-state index < -0.39 is 16.9 Å². The van der Waals surface area contributed by atoms with E-state index in [-0.39, 0.29) is 18.1 Å². The Morgan fingerprint density at radius 3 is 2.38 bits per heavy atom. The molecule has 1 saturated heterocycles. The highest BCUT2D eigenvalue weighted by Crippen LogP contribution is 2.34. The van der Waals surface area contributed by atoms with Crippen LogP contribution in [0.2, 0.25) is 0 Å². The summed E-state index contributed by atoms with van der Waals surface area (Å²) < 4.78 is 14.8. The average molecular weight is 432 g/mol.